The maximum absolute atomic E-state index is 14.0. The first-order valence-electron chi connectivity index (χ1n) is 15.3. The van der Waals surface area contributed by atoms with E-state index in [1.165, 1.54) is 16.7 Å². The molecule has 1 saturated heterocycles. The van der Waals surface area contributed by atoms with Gasteiger partial charge in [0.2, 0.25) is 5.91 Å². The lowest BCUT2D eigenvalue weighted by Crippen LogP contribution is -2.58. The molecule has 4 N–H and O–H groups in total. The zero-order chi connectivity index (χ0) is 33.4. The van der Waals surface area contributed by atoms with Gasteiger partial charge in [-0.1, -0.05) is 56.3 Å². The van der Waals surface area contributed by atoms with Crippen LogP contribution in [0.25, 0.3) is 10.8 Å². The number of hydrogen-bond donors (Lipinski definition) is 3. The van der Waals surface area contributed by atoms with E-state index in [0.29, 0.717) is 11.5 Å². The topological polar surface area (TPSA) is 153 Å². The number of thioether (sulfide) groups is 1. The fraction of sp³-hybridized carbons (Fsp3) is 0.441. The van der Waals surface area contributed by atoms with Crippen LogP contribution in [0.4, 0.5) is 0 Å². The molecular formula is C34H43N5O6S. The molecule has 0 unspecified atom stereocenters. The molecule has 3 aromatic rings. The Kier molecular flexibility index (Phi) is 11.6. The Morgan fingerprint density at radius 2 is 1.80 bits per heavy atom. The molecule has 0 bridgehead atoms. The Morgan fingerprint density at radius 1 is 1.07 bits per heavy atom. The molecule has 11 nitrogen and oxygen atoms in total. The number of rotatable bonds is 12. The Bertz CT molecular complexity index is 1520. The van der Waals surface area contributed by atoms with Crippen molar-refractivity contribution in [1.29, 1.82) is 0 Å². The molecule has 2 aromatic carbocycles. The highest BCUT2D eigenvalue weighted by atomic mass is 32.2. The lowest BCUT2D eigenvalue weighted by atomic mass is 9.99. The lowest BCUT2D eigenvalue weighted by molar-refractivity contribution is -0.165. The molecule has 0 radical (unpaired) electrons. The molecule has 46 heavy (non-hydrogen) atoms. The van der Waals surface area contributed by atoms with Crippen LogP contribution < -0.4 is 21.1 Å². The van der Waals surface area contributed by atoms with Gasteiger partial charge in [0.05, 0.1) is 11.9 Å². The fourth-order valence-electron chi connectivity index (χ4n) is 5.08. The first kappa shape index (κ1) is 34.7. The van der Waals surface area contributed by atoms with Crippen LogP contribution in [0.3, 0.4) is 0 Å². The van der Waals surface area contributed by atoms with E-state index in [-0.39, 0.29) is 30.7 Å². The Labute approximate surface area is 274 Å². The summed E-state index contributed by atoms with van der Waals surface area (Å²) in [7, 11) is 0. The number of carbonyl (C=O) groups is 4. The number of benzene rings is 2. The third kappa shape index (κ3) is 9.20. The first-order valence-corrected chi connectivity index (χ1v) is 16.4. The van der Waals surface area contributed by atoms with Gasteiger partial charge in [-0.2, -0.15) is 0 Å². The van der Waals surface area contributed by atoms with Gasteiger partial charge in [-0.05, 0) is 50.8 Å². The molecular weight excluding hydrogens is 606 g/mol. The minimum atomic E-state index is -1.39. The summed E-state index contributed by atoms with van der Waals surface area (Å²) in [6, 6.07) is 13.8. The molecule has 4 rings (SSSR count). The minimum absolute atomic E-state index is 0.247. The third-order valence-electron chi connectivity index (χ3n) is 7.39. The standard InChI is InChI=1S/C34H43N5O6S/c1-21(2)29(37-28(40)18-44-27-13-9-12-23-17-36-15-14-24(23)27)33(43)45-30(25(35)16-22-10-7-6-8-11-22)32(42)39-20-46-19-26(39)31(41)38-34(3,4)5/h6-15,17,21,25-26,29-30H,16,18-20,35H2,1-5H3,(H,37,40)(H,38,41)/t25-,26-,29-,30-/m0/s1. The van der Waals surface area contributed by atoms with Gasteiger partial charge >= 0.3 is 5.97 Å². The molecule has 246 valence electrons. The van der Waals surface area contributed by atoms with E-state index in [4.69, 9.17) is 15.2 Å². The minimum Gasteiger partial charge on any atom is -0.483 e. The normalized spacial score (nSPS) is 16.8. The van der Waals surface area contributed by atoms with Crippen molar-refractivity contribution >= 4 is 46.2 Å². The SMILES string of the molecule is CC(C)[C@H](NC(=O)COc1cccc2cnccc12)C(=O)O[C@H](C(=O)N1CSC[C@H]1C(=O)NC(C)(C)C)[C@@H](N)Cc1ccccc1. The second-order valence-electron chi connectivity index (χ2n) is 12.7. The number of fused-ring (bicyclic) bond motifs is 1. The summed E-state index contributed by atoms with van der Waals surface area (Å²) in [4.78, 5) is 59.4. The predicted molar refractivity (Wildman–Crippen MR) is 178 cm³/mol. The van der Waals surface area contributed by atoms with E-state index in [9.17, 15) is 19.2 Å². The number of aromatic nitrogens is 1. The van der Waals surface area contributed by atoms with Crippen LogP contribution in [0.5, 0.6) is 5.75 Å². The van der Waals surface area contributed by atoms with E-state index in [0.717, 1.165) is 16.3 Å². The fourth-order valence-corrected chi connectivity index (χ4v) is 6.24. The molecule has 3 amide bonds. The summed E-state index contributed by atoms with van der Waals surface area (Å²) >= 11 is 1.44. The van der Waals surface area contributed by atoms with Crippen LogP contribution in [0.2, 0.25) is 0 Å². The largest absolute Gasteiger partial charge is 0.483 e. The summed E-state index contributed by atoms with van der Waals surface area (Å²) in [6.45, 7) is 8.77. The lowest BCUT2D eigenvalue weighted by Gasteiger charge is -2.32. The Hall–Kier alpha value is -4.16. The molecule has 1 fully saturated rings. The average molecular weight is 650 g/mol. The van der Waals surface area contributed by atoms with E-state index >= 15 is 0 Å². The van der Waals surface area contributed by atoms with Crippen LogP contribution in [-0.4, -0.2) is 81.6 Å². The number of amides is 3. The van der Waals surface area contributed by atoms with Crippen molar-refractivity contribution in [3.63, 3.8) is 0 Å². The number of ether oxygens (including phenoxy) is 2. The summed E-state index contributed by atoms with van der Waals surface area (Å²) in [6.07, 6.45) is 2.19. The van der Waals surface area contributed by atoms with Gasteiger partial charge < -0.3 is 30.7 Å². The van der Waals surface area contributed by atoms with Gasteiger partial charge in [0.15, 0.2) is 12.7 Å². The Balaban J connectivity index is 1.49. The summed E-state index contributed by atoms with van der Waals surface area (Å²) in [5.74, 6) is -1.41. The van der Waals surface area contributed by atoms with Crippen molar-refractivity contribution in [3.05, 3.63) is 72.6 Å². The zero-order valence-corrected chi connectivity index (χ0v) is 27.7. The summed E-state index contributed by atoms with van der Waals surface area (Å²) in [5.41, 5.74) is 6.95. The number of nitrogens with two attached hydrogens (primary N) is 1. The number of pyridine rings is 1. The summed E-state index contributed by atoms with van der Waals surface area (Å²) < 4.78 is 11.7. The average Bonchev–Trinajstić information content (AvgIpc) is 3.51. The highest BCUT2D eigenvalue weighted by Gasteiger charge is 2.43. The van der Waals surface area contributed by atoms with Crippen LogP contribution >= 0.6 is 11.8 Å². The van der Waals surface area contributed by atoms with Crippen molar-refractivity contribution in [3.8, 4) is 5.75 Å². The van der Waals surface area contributed by atoms with Gasteiger partial charge in [-0.15, -0.1) is 11.8 Å². The monoisotopic (exact) mass is 649 g/mol. The van der Waals surface area contributed by atoms with Gasteiger partial charge in [-0.3, -0.25) is 19.4 Å². The van der Waals surface area contributed by atoms with Gasteiger partial charge in [0.25, 0.3) is 11.8 Å². The second-order valence-corrected chi connectivity index (χ2v) is 13.7. The molecule has 12 heteroatoms. The van der Waals surface area contributed by atoms with Crippen molar-refractivity contribution in [2.45, 2.75) is 70.8 Å². The Morgan fingerprint density at radius 3 is 2.50 bits per heavy atom. The van der Waals surface area contributed by atoms with Crippen molar-refractivity contribution in [2.24, 2.45) is 11.7 Å². The van der Waals surface area contributed by atoms with E-state index in [1.54, 1.807) is 44.4 Å². The van der Waals surface area contributed by atoms with Crippen LogP contribution in [0.1, 0.15) is 40.2 Å². The number of esters is 1. The zero-order valence-electron chi connectivity index (χ0n) is 26.9. The van der Waals surface area contributed by atoms with E-state index in [1.807, 2.05) is 57.2 Å². The van der Waals surface area contributed by atoms with Crippen molar-refractivity contribution in [2.75, 3.05) is 18.2 Å². The highest BCUT2D eigenvalue weighted by molar-refractivity contribution is 7.99. The van der Waals surface area contributed by atoms with Crippen LogP contribution in [0.15, 0.2) is 67.0 Å². The number of nitrogens with one attached hydrogen (secondary N) is 2. The number of nitrogens with zero attached hydrogens (tertiary/aromatic N) is 2. The number of hydrogen-bond acceptors (Lipinski definition) is 9. The summed E-state index contributed by atoms with van der Waals surface area (Å²) in [5, 5.41) is 7.30. The molecule has 0 saturated carbocycles. The maximum atomic E-state index is 14.0. The molecule has 0 spiro atoms. The van der Waals surface area contributed by atoms with Crippen molar-refractivity contribution in [1.82, 2.24) is 20.5 Å². The predicted octanol–water partition coefficient (Wildman–Crippen LogP) is 3.05. The smallest absolute Gasteiger partial charge is 0.329 e. The van der Waals surface area contributed by atoms with Gasteiger partial charge in [0.1, 0.15) is 17.8 Å². The first-order chi connectivity index (χ1) is 21.8. The molecule has 2 heterocycles. The quantitative estimate of drug-likeness (QED) is 0.251. The van der Waals surface area contributed by atoms with Gasteiger partial charge in [0, 0.05) is 34.5 Å². The van der Waals surface area contributed by atoms with Crippen LogP contribution in [0, 0.1) is 5.92 Å². The van der Waals surface area contributed by atoms with E-state index in [2.05, 4.69) is 15.6 Å². The molecule has 0 aliphatic carbocycles. The highest BCUT2D eigenvalue weighted by Crippen LogP contribution is 2.26. The molecule has 1 aliphatic rings. The molecule has 1 aromatic heterocycles. The van der Waals surface area contributed by atoms with Crippen molar-refractivity contribution < 1.29 is 28.7 Å². The molecule has 1 aliphatic heterocycles. The second kappa shape index (κ2) is 15.4. The van der Waals surface area contributed by atoms with Crippen LogP contribution in [-0.2, 0) is 30.3 Å². The maximum Gasteiger partial charge on any atom is 0.329 e. The number of carbonyl (C=O) groups excluding carboxylic acids is 4. The third-order valence-corrected chi connectivity index (χ3v) is 8.40. The van der Waals surface area contributed by atoms with E-state index < -0.39 is 47.6 Å². The van der Waals surface area contributed by atoms with Gasteiger partial charge in [-0.25, -0.2) is 4.79 Å². The molecule has 4 atom stereocenters.